The average Bonchev–Trinajstić information content (AvgIpc) is 3.07. The van der Waals surface area contributed by atoms with Crippen LogP contribution < -0.4 is 5.32 Å². The summed E-state index contributed by atoms with van der Waals surface area (Å²) in [6.07, 6.45) is 3.86. The third-order valence-corrected chi connectivity index (χ3v) is 4.15. The van der Waals surface area contributed by atoms with Crippen molar-refractivity contribution in [2.45, 2.75) is 13.1 Å². The molecule has 102 valence electrons. The van der Waals surface area contributed by atoms with Gasteiger partial charge in [-0.25, -0.2) is 0 Å². The first-order valence-electron chi connectivity index (χ1n) is 6.34. The van der Waals surface area contributed by atoms with Crippen LogP contribution in [0.3, 0.4) is 0 Å². The molecule has 0 bridgehead atoms. The number of aromatic nitrogens is 2. The topological polar surface area (TPSA) is 29.9 Å². The van der Waals surface area contributed by atoms with Crippen LogP contribution in [0.4, 0.5) is 5.69 Å². The lowest BCUT2D eigenvalue weighted by atomic mass is 10.2. The van der Waals surface area contributed by atoms with Crippen LogP contribution in [0, 0.1) is 0 Å². The molecule has 1 N–H and O–H groups in total. The minimum Gasteiger partial charge on any atom is -0.378 e. The van der Waals surface area contributed by atoms with E-state index in [4.69, 9.17) is 11.6 Å². The van der Waals surface area contributed by atoms with Crippen LogP contribution in [0.5, 0.6) is 0 Å². The Morgan fingerprint density at radius 1 is 1.15 bits per heavy atom. The van der Waals surface area contributed by atoms with Gasteiger partial charge in [0, 0.05) is 17.6 Å². The largest absolute Gasteiger partial charge is 0.378 e. The number of nitrogens with one attached hydrogen (secondary N) is 1. The van der Waals surface area contributed by atoms with Crippen molar-refractivity contribution in [2.75, 3.05) is 5.32 Å². The first kappa shape index (κ1) is 13.2. The highest BCUT2D eigenvalue weighted by Crippen LogP contribution is 2.22. The van der Waals surface area contributed by atoms with Crippen LogP contribution in [0.2, 0.25) is 4.34 Å². The Labute approximate surface area is 126 Å². The summed E-state index contributed by atoms with van der Waals surface area (Å²) in [6, 6.07) is 14.3. The van der Waals surface area contributed by atoms with Crippen molar-refractivity contribution in [3.63, 3.8) is 0 Å². The third-order valence-electron chi connectivity index (χ3n) is 2.92. The van der Waals surface area contributed by atoms with Crippen LogP contribution in [-0.2, 0) is 13.1 Å². The fourth-order valence-electron chi connectivity index (χ4n) is 1.95. The van der Waals surface area contributed by atoms with E-state index in [0.29, 0.717) is 0 Å². The molecule has 2 aromatic heterocycles. The number of hydrogen-bond acceptors (Lipinski definition) is 3. The Kier molecular flexibility index (Phi) is 4.04. The number of hydrogen-bond donors (Lipinski definition) is 1. The Morgan fingerprint density at radius 3 is 2.75 bits per heavy atom. The molecule has 3 nitrogen and oxygen atoms in total. The summed E-state index contributed by atoms with van der Waals surface area (Å²) in [5.41, 5.74) is 2.26. The smallest absolute Gasteiger partial charge is 0.0931 e. The lowest BCUT2D eigenvalue weighted by molar-refractivity contribution is 0.687. The highest BCUT2D eigenvalue weighted by Gasteiger charge is 2.01. The molecule has 0 amide bonds. The second-order valence-electron chi connectivity index (χ2n) is 4.47. The maximum absolute atomic E-state index is 5.91. The monoisotopic (exact) mass is 303 g/mol. The summed E-state index contributed by atoms with van der Waals surface area (Å²) in [5.74, 6) is 0. The summed E-state index contributed by atoms with van der Waals surface area (Å²) >= 11 is 7.50. The minimum absolute atomic E-state index is 0.772. The number of benzene rings is 1. The molecule has 0 saturated carbocycles. The molecule has 0 atom stereocenters. The average molecular weight is 304 g/mol. The molecule has 20 heavy (non-hydrogen) atoms. The maximum Gasteiger partial charge on any atom is 0.0931 e. The molecule has 3 aromatic rings. The predicted molar refractivity (Wildman–Crippen MR) is 84.4 cm³/mol. The van der Waals surface area contributed by atoms with E-state index >= 15 is 0 Å². The molecule has 5 heteroatoms. The highest BCUT2D eigenvalue weighted by molar-refractivity contribution is 7.16. The molecule has 0 aliphatic heterocycles. The zero-order valence-electron chi connectivity index (χ0n) is 10.8. The number of thiophene rings is 1. The second-order valence-corrected chi connectivity index (χ2v) is 6.27. The standard InChI is InChI=1S/C15H14ClN3S/c16-15-7-6-14(20-15)9-17-13-8-18-19(11-13)10-12-4-2-1-3-5-12/h1-8,11,17H,9-10H2. The number of halogens is 1. The van der Waals surface area contributed by atoms with E-state index in [9.17, 15) is 0 Å². The molecular weight excluding hydrogens is 290 g/mol. The molecule has 3 rings (SSSR count). The Balaban J connectivity index is 1.59. The highest BCUT2D eigenvalue weighted by atomic mass is 35.5. The second kappa shape index (κ2) is 6.11. The van der Waals surface area contributed by atoms with Gasteiger partial charge < -0.3 is 5.32 Å². The van der Waals surface area contributed by atoms with Gasteiger partial charge in [0.1, 0.15) is 0 Å². The van der Waals surface area contributed by atoms with Crippen molar-refractivity contribution in [1.82, 2.24) is 9.78 Å². The first-order chi connectivity index (χ1) is 9.79. The van der Waals surface area contributed by atoms with Crippen LogP contribution in [0.25, 0.3) is 0 Å². The van der Waals surface area contributed by atoms with Gasteiger partial charge in [-0.1, -0.05) is 41.9 Å². The van der Waals surface area contributed by atoms with Crippen molar-refractivity contribution in [3.05, 3.63) is 69.6 Å². The summed E-state index contributed by atoms with van der Waals surface area (Å²) in [7, 11) is 0. The Bertz CT molecular complexity index is 675. The van der Waals surface area contributed by atoms with Crippen molar-refractivity contribution < 1.29 is 0 Å². The lowest BCUT2D eigenvalue weighted by Crippen LogP contribution is -2.00. The molecule has 0 aliphatic carbocycles. The van der Waals surface area contributed by atoms with Gasteiger partial charge in [-0.15, -0.1) is 11.3 Å². The molecule has 0 spiro atoms. The van der Waals surface area contributed by atoms with Crippen LogP contribution in [-0.4, -0.2) is 9.78 Å². The van der Waals surface area contributed by atoms with E-state index < -0.39 is 0 Å². The zero-order chi connectivity index (χ0) is 13.8. The van der Waals surface area contributed by atoms with E-state index in [1.807, 2.05) is 47.4 Å². The predicted octanol–water partition coefficient (Wildman–Crippen LogP) is 4.26. The quantitative estimate of drug-likeness (QED) is 0.763. The molecule has 0 saturated heterocycles. The fraction of sp³-hybridized carbons (Fsp3) is 0.133. The number of anilines is 1. The Morgan fingerprint density at radius 2 is 2.00 bits per heavy atom. The zero-order valence-corrected chi connectivity index (χ0v) is 12.4. The fourth-order valence-corrected chi connectivity index (χ4v) is 2.98. The summed E-state index contributed by atoms with van der Waals surface area (Å²) in [4.78, 5) is 1.21. The van der Waals surface area contributed by atoms with Gasteiger partial charge in [-0.2, -0.15) is 5.10 Å². The van der Waals surface area contributed by atoms with Gasteiger partial charge in [0.25, 0.3) is 0 Å². The third kappa shape index (κ3) is 3.40. The van der Waals surface area contributed by atoms with Gasteiger partial charge in [0.15, 0.2) is 0 Å². The van der Waals surface area contributed by atoms with Crippen molar-refractivity contribution in [2.24, 2.45) is 0 Å². The van der Waals surface area contributed by atoms with Crippen molar-refractivity contribution in [1.29, 1.82) is 0 Å². The van der Waals surface area contributed by atoms with Crippen molar-refractivity contribution in [3.8, 4) is 0 Å². The number of rotatable bonds is 5. The van der Waals surface area contributed by atoms with Crippen LogP contribution >= 0.6 is 22.9 Å². The minimum atomic E-state index is 0.772. The van der Waals surface area contributed by atoms with Gasteiger partial charge in [-0.3, -0.25) is 4.68 Å². The van der Waals surface area contributed by atoms with Crippen LogP contribution in [0.1, 0.15) is 10.4 Å². The Hall–Kier alpha value is -1.78. The summed E-state index contributed by atoms with van der Waals surface area (Å²) in [6.45, 7) is 1.56. The molecule has 0 unspecified atom stereocenters. The maximum atomic E-state index is 5.91. The normalized spacial score (nSPS) is 10.7. The van der Waals surface area contributed by atoms with Gasteiger partial charge in [0.05, 0.1) is 22.8 Å². The van der Waals surface area contributed by atoms with Crippen LogP contribution in [0.15, 0.2) is 54.9 Å². The van der Waals surface area contributed by atoms with Gasteiger partial charge in [0.2, 0.25) is 0 Å². The molecular formula is C15H14ClN3S. The first-order valence-corrected chi connectivity index (χ1v) is 7.53. The molecule has 1 aromatic carbocycles. The molecule has 2 heterocycles. The van der Waals surface area contributed by atoms with E-state index in [2.05, 4.69) is 22.5 Å². The molecule has 0 fully saturated rings. The van der Waals surface area contributed by atoms with E-state index in [1.165, 1.54) is 10.4 Å². The summed E-state index contributed by atoms with van der Waals surface area (Å²) in [5, 5.41) is 7.71. The van der Waals surface area contributed by atoms with E-state index in [-0.39, 0.29) is 0 Å². The lowest BCUT2D eigenvalue weighted by Gasteiger charge is -2.02. The SMILES string of the molecule is Clc1ccc(CNc2cnn(Cc3ccccc3)c2)s1. The molecule has 0 radical (unpaired) electrons. The molecule has 0 aliphatic rings. The van der Waals surface area contributed by atoms with Gasteiger partial charge in [-0.05, 0) is 17.7 Å². The van der Waals surface area contributed by atoms with E-state index in [0.717, 1.165) is 23.1 Å². The van der Waals surface area contributed by atoms with Gasteiger partial charge >= 0.3 is 0 Å². The summed E-state index contributed by atoms with van der Waals surface area (Å²) < 4.78 is 2.75. The van der Waals surface area contributed by atoms with Crippen molar-refractivity contribution >= 4 is 28.6 Å². The van der Waals surface area contributed by atoms with E-state index in [1.54, 1.807) is 11.3 Å². The number of nitrogens with zero attached hydrogens (tertiary/aromatic N) is 2.